The minimum atomic E-state index is 0.104. The maximum absolute atomic E-state index is 6.06. The molecule has 0 amide bonds. The van der Waals surface area contributed by atoms with Gasteiger partial charge in [-0.3, -0.25) is 0 Å². The van der Waals surface area contributed by atoms with Gasteiger partial charge in [0.15, 0.2) is 5.75 Å². The fourth-order valence-corrected chi connectivity index (χ4v) is 1.84. The van der Waals surface area contributed by atoms with Crippen LogP contribution in [0.25, 0.3) is 0 Å². The molecule has 20 heavy (non-hydrogen) atoms. The van der Waals surface area contributed by atoms with Crippen LogP contribution in [0.15, 0.2) is 22.7 Å². The second-order valence-corrected chi connectivity index (χ2v) is 4.91. The molecular weight excluding hydrogens is 348 g/mol. The molecule has 0 saturated carbocycles. The van der Waals surface area contributed by atoms with Gasteiger partial charge in [0.1, 0.15) is 0 Å². The van der Waals surface area contributed by atoms with Gasteiger partial charge in [0, 0.05) is 11.5 Å². The molecule has 2 aromatic rings. The van der Waals surface area contributed by atoms with Crippen molar-refractivity contribution >= 4 is 33.5 Å². The highest BCUT2D eigenvalue weighted by atomic mass is 79.9. The van der Waals surface area contributed by atoms with Gasteiger partial charge in [-0.1, -0.05) is 27.5 Å². The first-order valence-electron chi connectivity index (χ1n) is 5.82. The Balaban J connectivity index is 2.32. The van der Waals surface area contributed by atoms with Crippen molar-refractivity contribution in [2.24, 2.45) is 0 Å². The van der Waals surface area contributed by atoms with Crippen molar-refractivity contribution in [1.29, 1.82) is 0 Å². The molecule has 0 aliphatic carbocycles. The van der Waals surface area contributed by atoms with Crippen molar-refractivity contribution in [3.8, 4) is 17.8 Å². The van der Waals surface area contributed by atoms with Crippen LogP contribution < -0.4 is 14.8 Å². The first-order chi connectivity index (χ1) is 9.62. The molecular formula is C12H12BrClN4O2. The predicted molar refractivity (Wildman–Crippen MR) is 79.8 cm³/mol. The molecule has 0 bridgehead atoms. The van der Waals surface area contributed by atoms with Crippen molar-refractivity contribution in [3.63, 3.8) is 0 Å². The summed E-state index contributed by atoms with van der Waals surface area (Å²) in [6.07, 6.45) is 0. The Bertz CT molecular complexity index is 612. The van der Waals surface area contributed by atoms with Crippen molar-refractivity contribution < 1.29 is 9.47 Å². The highest BCUT2D eigenvalue weighted by Gasteiger charge is 2.11. The number of hydrogen-bond acceptors (Lipinski definition) is 6. The van der Waals surface area contributed by atoms with Gasteiger partial charge in [0.25, 0.3) is 0 Å². The van der Waals surface area contributed by atoms with E-state index in [2.05, 4.69) is 36.2 Å². The standard InChI is InChI=1S/C12H12BrClN4O2/c1-3-19-11-16-10(15-2)17-12(18-11)20-9-6-7(13)4-5-8(9)14/h4-6H,3H2,1-2H3,(H,15,16,17,18). The molecule has 1 N–H and O–H groups in total. The van der Waals surface area contributed by atoms with E-state index in [0.717, 1.165) is 4.47 Å². The zero-order chi connectivity index (χ0) is 14.5. The van der Waals surface area contributed by atoms with Crippen LogP contribution in [0.1, 0.15) is 6.92 Å². The van der Waals surface area contributed by atoms with Crippen LogP contribution >= 0.6 is 27.5 Å². The molecule has 0 aliphatic heterocycles. The first-order valence-corrected chi connectivity index (χ1v) is 6.99. The van der Waals surface area contributed by atoms with Gasteiger partial charge in [-0.25, -0.2) is 0 Å². The fraction of sp³-hybridized carbons (Fsp3) is 0.250. The van der Waals surface area contributed by atoms with E-state index >= 15 is 0 Å². The summed E-state index contributed by atoms with van der Waals surface area (Å²) < 4.78 is 11.7. The summed E-state index contributed by atoms with van der Waals surface area (Å²) in [4.78, 5) is 12.2. The van der Waals surface area contributed by atoms with Gasteiger partial charge >= 0.3 is 12.0 Å². The summed E-state index contributed by atoms with van der Waals surface area (Å²) in [6, 6.07) is 5.55. The van der Waals surface area contributed by atoms with Crippen molar-refractivity contribution in [2.45, 2.75) is 6.92 Å². The number of anilines is 1. The SMILES string of the molecule is CCOc1nc(NC)nc(Oc2cc(Br)ccc2Cl)n1. The first kappa shape index (κ1) is 14.8. The Kier molecular flexibility index (Phi) is 4.97. The van der Waals surface area contributed by atoms with E-state index < -0.39 is 0 Å². The third-order valence-corrected chi connectivity index (χ3v) is 2.99. The smallest absolute Gasteiger partial charge is 0.330 e. The van der Waals surface area contributed by atoms with Gasteiger partial charge in [-0.2, -0.15) is 9.97 Å². The number of nitrogens with zero attached hydrogens (tertiary/aromatic N) is 3. The van der Waals surface area contributed by atoms with E-state index in [0.29, 0.717) is 23.3 Å². The number of halogens is 2. The number of ether oxygens (including phenoxy) is 2. The van der Waals surface area contributed by atoms with Crippen molar-refractivity contribution in [3.05, 3.63) is 27.7 Å². The van der Waals surface area contributed by atoms with Gasteiger partial charge in [-0.05, 0) is 25.1 Å². The maximum atomic E-state index is 6.06. The summed E-state index contributed by atoms with van der Waals surface area (Å²) in [5.41, 5.74) is 0. The van der Waals surface area contributed by atoms with E-state index in [1.807, 2.05) is 13.0 Å². The number of nitrogens with one attached hydrogen (secondary N) is 1. The second-order valence-electron chi connectivity index (χ2n) is 3.58. The molecule has 0 saturated heterocycles. The van der Waals surface area contributed by atoms with Crippen LogP contribution in [-0.4, -0.2) is 28.6 Å². The monoisotopic (exact) mass is 358 g/mol. The molecule has 6 nitrogen and oxygen atoms in total. The highest BCUT2D eigenvalue weighted by Crippen LogP contribution is 2.31. The van der Waals surface area contributed by atoms with Crippen LogP contribution in [0.4, 0.5) is 5.95 Å². The Morgan fingerprint density at radius 3 is 2.70 bits per heavy atom. The third kappa shape index (κ3) is 3.71. The van der Waals surface area contributed by atoms with E-state index in [1.165, 1.54) is 0 Å². The largest absolute Gasteiger partial charge is 0.464 e. The molecule has 2 rings (SSSR count). The molecule has 0 radical (unpaired) electrons. The molecule has 0 atom stereocenters. The van der Waals surface area contributed by atoms with Crippen molar-refractivity contribution in [2.75, 3.05) is 19.0 Å². The van der Waals surface area contributed by atoms with Gasteiger partial charge in [0.2, 0.25) is 5.95 Å². The molecule has 106 valence electrons. The minimum absolute atomic E-state index is 0.104. The zero-order valence-corrected chi connectivity index (χ0v) is 13.2. The highest BCUT2D eigenvalue weighted by molar-refractivity contribution is 9.10. The third-order valence-electron chi connectivity index (χ3n) is 2.19. The van der Waals surface area contributed by atoms with Crippen LogP contribution in [-0.2, 0) is 0 Å². The van der Waals surface area contributed by atoms with Crippen LogP contribution in [0.3, 0.4) is 0 Å². The summed E-state index contributed by atoms with van der Waals surface area (Å²) in [5.74, 6) is 0.793. The Morgan fingerprint density at radius 2 is 2.00 bits per heavy atom. The average molecular weight is 360 g/mol. The average Bonchev–Trinajstić information content (AvgIpc) is 2.43. The Hall–Kier alpha value is -1.60. The number of hydrogen-bond donors (Lipinski definition) is 1. The second kappa shape index (κ2) is 6.71. The maximum Gasteiger partial charge on any atom is 0.330 e. The van der Waals surface area contributed by atoms with E-state index in [-0.39, 0.29) is 12.0 Å². The summed E-state index contributed by atoms with van der Waals surface area (Å²) in [5, 5.41) is 3.27. The van der Waals surface area contributed by atoms with Crippen LogP contribution in [0, 0.1) is 0 Å². The fourth-order valence-electron chi connectivity index (χ4n) is 1.34. The molecule has 8 heteroatoms. The van der Waals surface area contributed by atoms with Gasteiger partial charge < -0.3 is 14.8 Å². The van der Waals surface area contributed by atoms with Crippen LogP contribution in [0.5, 0.6) is 17.8 Å². The topological polar surface area (TPSA) is 69.2 Å². The lowest BCUT2D eigenvalue weighted by Crippen LogP contribution is -2.05. The lowest BCUT2D eigenvalue weighted by molar-refractivity contribution is 0.304. The number of rotatable bonds is 5. The van der Waals surface area contributed by atoms with E-state index in [4.69, 9.17) is 21.1 Å². The van der Waals surface area contributed by atoms with E-state index in [1.54, 1.807) is 19.2 Å². The molecule has 1 heterocycles. The lowest BCUT2D eigenvalue weighted by Gasteiger charge is -2.09. The normalized spacial score (nSPS) is 10.2. The molecule has 0 spiro atoms. The summed E-state index contributed by atoms with van der Waals surface area (Å²) >= 11 is 9.41. The summed E-state index contributed by atoms with van der Waals surface area (Å²) in [6.45, 7) is 2.29. The summed E-state index contributed by atoms with van der Waals surface area (Å²) in [7, 11) is 1.70. The molecule has 1 aromatic heterocycles. The Labute approximate surface area is 129 Å². The minimum Gasteiger partial charge on any atom is -0.464 e. The Morgan fingerprint density at radius 1 is 1.25 bits per heavy atom. The van der Waals surface area contributed by atoms with Gasteiger partial charge in [-0.15, -0.1) is 4.98 Å². The quantitative estimate of drug-likeness (QED) is 0.881. The zero-order valence-electron chi connectivity index (χ0n) is 10.9. The number of aromatic nitrogens is 3. The number of benzene rings is 1. The molecule has 0 fully saturated rings. The lowest BCUT2D eigenvalue weighted by atomic mass is 10.3. The van der Waals surface area contributed by atoms with Gasteiger partial charge in [0.05, 0.1) is 11.6 Å². The van der Waals surface area contributed by atoms with Crippen LogP contribution in [0.2, 0.25) is 5.02 Å². The predicted octanol–water partition coefficient (Wildman–Crippen LogP) is 3.52. The van der Waals surface area contributed by atoms with E-state index in [9.17, 15) is 0 Å². The van der Waals surface area contributed by atoms with Crippen molar-refractivity contribution in [1.82, 2.24) is 15.0 Å². The molecule has 0 aliphatic rings. The molecule has 1 aromatic carbocycles. The molecule has 0 unspecified atom stereocenters.